The van der Waals surface area contributed by atoms with Crippen molar-refractivity contribution in [3.05, 3.63) is 4.91 Å². The summed E-state index contributed by atoms with van der Waals surface area (Å²) in [5.74, 6) is 0. The molecule has 0 aromatic heterocycles. The van der Waals surface area contributed by atoms with Gasteiger partial charge in [0.05, 0.1) is 0 Å². The lowest BCUT2D eigenvalue weighted by molar-refractivity contribution is 0.312. The minimum Gasteiger partial charge on any atom is -0.381 e. The van der Waals surface area contributed by atoms with E-state index in [9.17, 15) is 0 Å². The molecule has 0 saturated heterocycles. The van der Waals surface area contributed by atoms with E-state index in [1.807, 2.05) is 0 Å². The average molecular weight is 91.1 g/mol. The Labute approximate surface area is 31.2 Å². The Morgan fingerprint density at radius 2 is 1.60 bits per heavy atom. The van der Waals surface area contributed by atoms with Gasteiger partial charge in [-0.05, 0) is 0 Å². The zero-order valence-corrected chi connectivity index (χ0v) is 3.21. The van der Waals surface area contributed by atoms with E-state index in [4.69, 9.17) is 14.6 Å². The molecule has 0 heterocycles. The molecule has 5 heavy (non-hydrogen) atoms. The first-order valence-electron chi connectivity index (χ1n) is 0.587. The van der Waals surface area contributed by atoms with Gasteiger partial charge >= 0.3 is 10.1 Å². The van der Waals surface area contributed by atoms with Crippen molar-refractivity contribution in [1.82, 2.24) is 0 Å². The highest BCUT2D eigenvalue weighted by atomic mass is 28.1. The van der Waals surface area contributed by atoms with E-state index in [1.54, 1.807) is 10.1 Å². The molecular formula is HNO3Si. The molecule has 4 nitrogen and oxygen atoms in total. The molecule has 0 aliphatic rings. The molecule has 0 aliphatic heterocycles. The number of nitrogens with zero attached hydrogens (tertiary/aromatic N) is 1. The first-order valence-corrected chi connectivity index (χ1v) is 0.995. The van der Waals surface area contributed by atoms with E-state index >= 15 is 0 Å². The SMILES string of the molecule is O=NO.O=[Si]. The van der Waals surface area contributed by atoms with Crippen molar-refractivity contribution in [3.63, 3.8) is 0 Å². The maximum Gasteiger partial charge on any atom is 0.381 e. The van der Waals surface area contributed by atoms with Crippen LogP contribution in [0, 0.1) is 4.91 Å². The topological polar surface area (TPSA) is 66.7 Å². The molecule has 0 fully saturated rings. The highest BCUT2D eigenvalue weighted by molar-refractivity contribution is 5.85. The lowest BCUT2D eigenvalue weighted by atomic mass is 13.4. The predicted octanol–water partition coefficient (Wildman–Crippen LogP) is -0.358. The van der Waals surface area contributed by atoms with Crippen LogP contribution in [-0.2, 0) is 4.46 Å². The Bertz CT molecular complexity index is 20.9. The van der Waals surface area contributed by atoms with Crippen molar-refractivity contribution in [2.24, 2.45) is 5.34 Å². The third-order valence-corrected chi connectivity index (χ3v) is 0. The van der Waals surface area contributed by atoms with Gasteiger partial charge in [-0.15, -0.1) is 4.91 Å². The first-order chi connectivity index (χ1) is 2.41. The Hall–Kier alpha value is -0.583. The molecule has 0 saturated carbocycles. The molecule has 0 unspecified atom stereocenters. The third kappa shape index (κ3) is 20.2. The van der Waals surface area contributed by atoms with Gasteiger partial charge in [0.2, 0.25) is 0 Å². The third-order valence-electron chi connectivity index (χ3n) is 0. The molecule has 0 amide bonds. The van der Waals surface area contributed by atoms with Crippen LogP contribution in [0.3, 0.4) is 0 Å². The average Bonchev–Trinajstić information content (AvgIpc) is 1.46. The van der Waals surface area contributed by atoms with E-state index in [1.165, 1.54) is 5.34 Å². The minimum atomic E-state index is 1.25. The number of hydrogen-bond donors (Lipinski definition) is 1. The zero-order chi connectivity index (χ0) is 4.71. The van der Waals surface area contributed by atoms with Crippen molar-refractivity contribution in [3.8, 4) is 0 Å². The van der Waals surface area contributed by atoms with Crippen LogP contribution in [-0.4, -0.2) is 15.3 Å². The van der Waals surface area contributed by atoms with Crippen LogP contribution in [0.4, 0.5) is 0 Å². The van der Waals surface area contributed by atoms with Gasteiger partial charge in [0.1, 0.15) is 0 Å². The molecule has 0 aliphatic carbocycles. The summed E-state index contributed by atoms with van der Waals surface area (Å²) in [6.07, 6.45) is 0. The first kappa shape index (κ1) is 8.83. The number of rotatable bonds is 0. The lowest BCUT2D eigenvalue weighted by Gasteiger charge is -1.32. The monoisotopic (exact) mass is 91.0 g/mol. The highest BCUT2D eigenvalue weighted by Crippen LogP contribution is 1.25. The van der Waals surface area contributed by atoms with Crippen LogP contribution < -0.4 is 0 Å². The lowest BCUT2D eigenvalue weighted by Crippen LogP contribution is -1.25. The molecule has 0 rings (SSSR count). The van der Waals surface area contributed by atoms with Crippen molar-refractivity contribution in [2.45, 2.75) is 0 Å². The Kier molecular flexibility index (Phi) is 203. The summed E-state index contributed by atoms with van der Waals surface area (Å²) in [4.78, 5) is 8.11. The van der Waals surface area contributed by atoms with Gasteiger partial charge in [0.25, 0.3) is 0 Å². The zero-order valence-electron chi connectivity index (χ0n) is 2.21. The van der Waals surface area contributed by atoms with Crippen LogP contribution >= 0.6 is 0 Å². The standard InChI is InChI=1S/HNO2.OSi/c2-1-3;1-2/h(H,2,3);. The van der Waals surface area contributed by atoms with Crippen molar-refractivity contribution >= 4 is 10.1 Å². The van der Waals surface area contributed by atoms with E-state index in [0.29, 0.717) is 0 Å². The molecular weight excluding hydrogens is 90.1 g/mol. The number of hydrogen-bond acceptors (Lipinski definition) is 3. The van der Waals surface area contributed by atoms with Crippen molar-refractivity contribution in [2.75, 3.05) is 0 Å². The molecule has 5 heteroatoms. The van der Waals surface area contributed by atoms with Gasteiger partial charge in [-0.1, -0.05) is 0 Å². The maximum absolute atomic E-state index is 8.11. The molecule has 2 radical (unpaired) electrons. The molecule has 0 spiro atoms. The molecule has 1 N–H and O–H groups in total. The molecule has 0 bridgehead atoms. The summed E-state index contributed by atoms with van der Waals surface area (Å²) in [5.41, 5.74) is 0. The smallest absolute Gasteiger partial charge is 0.381 e. The Morgan fingerprint density at radius 3 is 1.60 bits per heavy atom. The van der Waals surface area contributed by atoms with Crippen molar-refractivity contribution < 1.29 is 9.67 Å². The Morgan fingerprint density at radius 1 is 1.60 bits per heavy atom. The van der Waals surface area contributed by atoms with E-state index in [0.717, 1.165) is 0 Å². The second kappa shape index (κ2) is 115. The predicted molar refractivity (Wildman–Crippen MR) is 14.0 cm³/mol. The van der Waals surface area contributed by atoms with Crippen LogP contribution in [0.5, 0.6) is 0 Å². The summed E-state index contributed by atoms with van der Waals surface area (Å²) in [6.45, 7) is 0. The highest BCUT2D eigenvalue weighted by Gasteiger charge is 1.18. The molecule has 28 valence electrons. The van der Waals surface area contributed by atoms with Crippen LogP contribution in [0.1, 0.15) is 0 Å². The maximum atomic E-state index is 8.11. The second-order valence-electron chi connectivity index (χ2n) is 0.0816. The van der Waals surface area contributed by atoms with Gasteiger partial charge in [0.15, 0.2) is 5.34 Å². The molecule has 0 aromatic carbocycles. The van der Waals surface area contributed by atoms with Crippen LogP contribution in [0.2, 0.25) is 0 Å². The van der Waals surface area contributed by atoms with E-state index < -0.39 is 0 Å². The summed E-state index contributed by atoms with van der Waals surface area (Å²) in [6, 6.07) is 0. The fraction of sp³-hybridized carbons (Fsp3) is 0. The van der Waals surface area contributed by atoms with Crippen LogP contribution in [0.25, 0.3) is 0 Å². The van der Waals surface area contributed by atoms with Crippen molar-refractivity contribution in [1.29, 1.82) is 0 Å². The largest absolute Gasteiger partial charge is 0.381 e. The quantitative estimate of drug-likeness (QED) is 0.251. The molecule has 0 aromatic rings. The van der Waals surface area contributed by atoms with Gasteiger partial charge in [-0.25, -0.2) is 0 Å². The van der Waals surface area contributed by atoms with Gasteiger partial charge in [-0.2, -0.15) is 0 Å². The van der Waals surface area contributed by atoms with Gasteiger partial charge in [-0.3, -0.25) is 0 Å². The normalized spacial score (nSPS) is 3.20. The van der Waals surface area contributed by atoms with E-state index in [-0.39, 0.29) is 0 Å². The summed E-state index contributed by atoms with van der Waals surface area (Å²) in [7, 11) is 1.72. The summed E-state index contributed by atoms with van der Waals surface area (Å²) in [5, 5.41) is 7.89. The molecule has 0 atom stereocenters. The van der Waals surface area contributed by atoms with Crippen LogP contribution in [0.15, 0.2) is 5.34 Å². The van der Waals surface area contributed by atoms with E-state index in [2.05, 4.69) is 0 Å². The van der Waals surface area contributed by atoms with Gasteiger partial charge < -0.3 is 9.67 Å². The summed E-state index contributed by atoms with van der Waals surface area (Å²) >= 11 is 0. The summed E-state index contributed by atoms with van der Waals surface area (Å²) < 4.78 is 8.06. The van der Waals surface area contributed by atoms with Gasteiger partial charge in [0, 0.05) is 0 Å². The fourth-order valence-electron chi connectivity index (χ4n) is 0. The second-order valence-corrected chi connectivity index (χ2v) is 0.0816. The Balaban J connectivity index is 0. The minimum absolute atomic E-state index is 1.25. The fourth-order valence-corrected chi connectivity index (χ4v) is 0.